The fraction of sp³-hybridized carbons (Fsp3) is 0. The normalized spacial score (nSPS) is 0. The minimum atomic E-state index is 0. The molecule has 0 aromatic carbocycles. The van der Waals surface area contributed by atoms with Gasteiger partial charge >= 0.3 is 0 Å². The summed E-state index contributed by atoms with van der Waals surface area (Å²) in [5.41, 5.74) is 0. The predicted octanol–water partition coefficient (Wildman–Crippen LogP) is -0.0100. The van der Waals surface area contributed by atoms with Crippen LogP contribution in [-0.4, -0.2) is 0 Å². The van der Waals surface area contributed by atoms with Crippen molar-refractivity contribution in [2.75, 3.05) is 0 Å². The second-order valence-electron chi connectivity index (χ2n) is 0. The molecule has 0 rings (SSSR count). The van der Waals surface area contributed by atoms with Gasteiger partial charge in [0.25, 0.3) is 0 Å². The molecule has 0 aliphatic rings. The van der Waals surface area contributed by atoms with Crippen molar-refractivity contribution in [1.82, 2.24) is 0 Å². The summed E-state index contributed by atoms with van der Waals surface area (Å²) in [7, 11) is 0. The van der Waals surface area contributed by atoms with Crippen molar-refractivity contribution in [2.45, 2.75) is 0 Å². The molecule has 4 heavy (non-hydrogen) atoms. The zero-order valence-corrected chi connectivity index (χ0v) is 11.4. The zero-order valence-electron chi connectivity index (χ0n) is 2.02. The molecule has 0 heterocycles. The Labute approximate surface area is 84.8 Å². The molecule has 0 saturated heterocycles. The largest absolute Gasteiger partial charge is 0 e. The van der Waals surface area contributed by atoms with Crippen LogP contribution in [0.2, 0.25) is 0 Å². The molecule has 0 nitrogen and oxygen atoms in total. The van der Waals surface area contributed by atoms with Crippen LogP contribution in [0.1, 0.15) is 0 Å². The average Bonchev–Trinajstić information content (AvgIpc) is 0. The monoisotopic (exact) mass is 348 g/mol. The smallest absolute Gasteiger partial charge is 0 e. The van der Waals surface area contributed by atoms with Crippen LogP contribution >= 0.6 is 0 Å². The van der Waals surface area contributed by atoms with Crippen molar-refractivity contribution in [1.29, 1.82) is 0 Å². The van der Waals surface area contributed by atoms with Gasteiger partial charge in [-0.05, 0) is 0 Å². The van der Waals surface area contributed by atoms with Gasteiger partial charge in [-0.15, -0.1) is 0 Å². The topological polar surface area (TPSA) is 0 Å². The van der Waals surface area contributed by atoms with Crippen molar-refractivity contribution in [3.63, 3.8) is 0 Å². The Morgan fingerprint density at radius 1 is 1.00 bits per heavy atom. The van der Waals surface area contributed by atoms with E-state index in [9.17, 15) is 0 Å². The van der Waals surface area contributed by atoms with Gasteiger partial charge in [0, 0.05) is 86.2 Å². The molecule has 0 N–H and O–H groups in total. The first kappa shape index (κ1) is 29.1. The maximum atomic E-state index is 0. The fourth-order valence-electron chi connectivity index (χ4n) is 0. The third-order valence-electron chi connectivity index (χ3n) is 0. The summed E-state index contributed by atoms with van der Waals surface area (Å²) in [6.45, 7) is 0. The molecule has 0 aliphatic heterocycles. The van der Waals surface area contributed by atoms with Gasteiger partial charge in [0.15, 0.2) is 0 Å². The van der Waals surface area contributed by atoms with Gasteiger partial charge in [0.05, 0.1) is 0 Å². The first-order chi connectivity index (χ1) is 0. The molecule has 0 fully saturated rings. The third kappa shape index (κ3) is 8.84. The SMILES string of the molecule is [Ag].[Cd].[Cu].[Zn]. The molecular weight excluding hydrogens is 349 g/mol. The molecule has 0 saturated carbocycles. The maximum Gasteiger partial charge on any atom is 0 e. The van der Waals surface area contributed by atoms with Gasteiger partial charge in [-0.3, -0.25) is 0 Å². The standard InChI is InChI=1S/Ag.Cd.Cu.Zn. The van der Waals surface area contributed by atoms with Crippen LogP contribution in [0.25, 0.3) is 0 Å². The summed E-state index contributed by atoms with van der Waals surface area (Å²) in [4.78, 5) is 0. The minimum Gasteiger partial charge on any atom is 0 e. The van der Waals surface area contributed by atoms with Crippen LogP contribution < -0.4 is 0 Å². The number of hydrogen-bond donors (Lipinski definition) is 0. The molecule has 26 valence electrons. The molecular formula is AgCdCuZn. The van der Waals surface area contributed by atoms with Crippen molar-refractivity contribution in [3.8, 4) is 0 Å². The van der Waals surface area contributed by atoms with E-state index in [0.29, 0.717) is 0 Å². The average molecular weight is 349 g/mol. The second kappa shape index (κ2) is 17.0. The van der Waals surface area contributed by atoms with Crippen LogP contribution in [0.3, 0.4) is 0 Å². The predicted molar refractivity (Wildman–Crippen MR) is 0 cm³/mol. The first-order valence-corrected chi connectivity index (χ1v) is 0. The summed E-state index contributed by atoms with van der Waals surface area (Å²) < 4.78 is 0. The van der Waals surface area contributed by atoms with E-state index >= 15 is 0 Å². The van der Waals surface area contributed by atoms with E-state index in [-0.39, 0.29) is 86.2 Å². The van der Waals surface area contributed by atoms with Crippen LogP contribution in [-0.2, 0) is 86.2 Å². The summed E-state index contributed by atoms with van der Waals surface area (Å²) in [6, 6.07) is 0. The Morgan fingerprint density at radius 2 is 1.00 bits per heavy atom. The van der Waals surface area contributed by atoms with Crippen molar-refractivity contribution in [2.24, 2.45) is 0 Å². The van der Waals surface area contributed by atoms with Crippen LogP contribution in [0, 0.1) is 0 Å². The van der Waals surface area contributed by atoms with E-state index in [2.05, 4.69) is 0 Å². The van der Waals surface area contributed by atoms with Gasteiger partial charge in [-0.25, -0.2) is 0 Å². The summed E-state index contributed by atoms with van der Waals surface area (Å²) in [5, 5.41) is 0. The Morgan fingerprint density at radius 3 is 1.00 bits per heavy atom. The van der Waals surface area contributed by atoms with E-state index in [1.165, 1.54) is 0 Å². The van der Waals surface area contributed by atoms with Gasteiger partial charge in [-0.2, -0.15) is 0 Å². The molecule has 2 radical (unpaired) electrons. The third-order valence-corrected chi connectivity index (χ3v) is 0. The van der Waals surface area contributed by atoms with Gasteiger partial charge in [-0.1, -0.05) is 0 Å². The Bertz CT molecular complexity index is 8.00. The maximum absolute atomic E-state index is 0. The van der Waals surface area contributed by atoms with Crippen molar-refractivity contribution < 1.29 is 86.2 Å². The summed E-state index contributed by atoms with van der Waals surface area (Å²) >= 11 is 0. The van der Waals surface area contributed by atoms with Crippen LogP contribution in [0.4, 0.5) is 0 Å². The minimum absolute atomic E-state index is 0. The molecule has 0 bridgehead atoms. The van der Waals surface area contributed by atoms with E-state index in [4.69, 9.17) is 0 Å². The van der Waals surface area contributed by atoms with Crippen LogP contribution in [0.5, 0.6) is 0 Å². The molecule has 0 aromatic rings. The van der Waals surface area contributed by atoms with Crippen LogP contribution in [0.15, 0.2) is 0 Å². The fourth-order valence-corrected chi connectivity index (χ4v) is 0. The molecule has 0 aromatic heterocycles. The van der Waals surface area contributed by atoms with Gasteiger partial charge < -0.3 is 0 Å². The zero-order chi connectivity index (χ0) is 0. The second-order valence-corrected chi connectivity index (χ2v) is 0. The molecule has 4 heteroatoms. The molecule has 0 amide bonds. The van der Waals surface area contributed by atoms with Gasteiger partial charge in [0.2, 0.25) is 0 Å². The molecule has 0 unspecified atom stereocenters. The van der Waals surface area contributed by atoms with E-state index in [1.807, 2.05) is 0 Å². The molecule has 0 aliphatic carbocycles. The molecule has 0 spiro atoms. The van der Waals surface area contributed by atoms with E-state index in [0.717, 1.165) is 0 Å². The Balaban J connectivity index is 0. The van der Waals surface area contributed by atoms with E-state index < -0.39 is 0 Å². The molecule has 0 atom stereocenters. The van der Waals surface area contributed by atoms with Gasteiger partial charge in [0.1, 0.15) is 0 Å². The number of rotatable bonds is 0. The van der Waals surface area contributed by atoms with E-state index in [1.54, 1.807) is 0 Å². The van der Waals surface area contributed by atoms with Crippen molar-refractivity contribution >= 4 is 0 Å². The Hall–Kier alpha value is 2.81. The Kier molecular flexibility index (Phi) is 124. The first-order valence-electron chi connectivity index (χ1n) is 0. The van der Waals surface area contributed by atoms with Crippen molar-refractivity contribution in [3.05, 3.63) is 0 Å². The summed E-state index contributed by atoms with van der Waals surface area (Å²) in [5.74, 6) is 0. The number of hydrogen-bond acceptors (Lipinski definition) is 0. The summed E-state index contributed by atoms with van der Waals surface area (Å²) in [6.07, 6.45) is 0. The quantitative estimate of drug-likeness (QED) is 0.540.